The van der Waals surface area contributed by atoms with Crippen molar-refractivity contribution in [3.63, 3.8) is 0 Å². The van der Waals surface area contributed by atoms with E-state index in [1.54, 1.807) is 0 Å². The summed E-state index contributed by atoms with van der Waals surface area (Å²) in [5.41, 5.74) is 2.22. The number of nitriles is 1. The molecule has 0 spiro atoms. The minimum absolute atomic E-state index is 0.229. The monoisotopic (exact) mass is 411 g/mol. The molecule has 154 valence electrons. The van der Waals surface area contributed by atoms with Crippen LogP contribution in [0.1, 0.15) is 37.7 Å². The summed E-state index contributed by atoms with van der Waals surface area (Å²) in [5.74, 6) is 0.537. The number of nitrogens with zero attached hydrogens (tertiary/aromatic N) is 1. The lowest BCUT2D eigenvalue weighted by Crippen LogP contribution is -2.33. The number of esters is 1. The molecule has 0 fully saturated rings. The zero-order valence-electron chi connectivity index (χ0n) is 17.0. The summed E-state index contributed by atoms with van der Waals surface area (Å²) < 4.78 is 4.53. The highest BCUT2D eigenvalue weighted by Gasteiger charge is 2.30. The second-order valence-electron chi connectivity index (χ2n) is 7.18. The summed E-state index contributed by atoms with van der Waals surface area (Å²) in [7, 11) is 1.25. The molecule has 0 aliphatic carbocycles. The van der Waals surface area contributed by atoms with Gasteiger partial charge in [0.2, 0.25) is 0 Å². The van der Waals surface area contributed by atoms with E-state index in [-0.39, 0.29) is 12.2 Å². The number of methoxy groups -OCH3 is 1. The third-order valence-corrected chi connectivity index (χ3v) is 6.04. The Kier molecular flexibility index (Phi) is 9.76. The first kappa shape index (κ1) is 23.0. The van der Waals surface area contributed by atoms with Crippen LogP contribution in [0.2, 0.25) is 0 Å². The molecule has 0 radical (unpaired) electrons. The second-order valence-corrected chi connectivity index (χ2v) is 8.28. The van der Waals surface area contributed by atoms with Crippen molar-refractivity contribution in [1.82, 2.24) is 0 Å². The quantitative estimate of drug-likeness (QED) is 0.302. The fourth-order valence-corrected chi connectivity index (χ4v) is 4.11. The number of carbonyl (C=O) groups excluding carboxylic acids is 1. The predicted molar refractivity (Wildman–Crippen MR) is 119 cm³/mol. The fourth-order valence-electron chi connectivity index (χ4n) is 3.06. The van der Waals surface area contributed by atoms with Gasteiger partial charge in [-0.25, -0.2) is 0 Å². The third-order valence-electron chi connectivity index (χ3n) is 4.78. The molecule has 1 atom stereocenters. The van der Waals surface area contributed by atoms with Crippen LogP contribution in [0.15, 0.2) is 54.6 Å². The van der Waals surface area contributed by atoms with Gasteiger partial charge >= 0.3 is 5.97 Å². The molecule has 29 heavy (non-hydrogen) atoms. The topological polar surface area (TPSA) is 70.3 Å². The van der Waals surface area contributed by atoms with Gasteiger partial charge in [0, 0.05) is 5.75 Å². The maximum Gasteiger partial charge on any atom is 0.309 e. The summed E-state index contributed by atoms with van der Waals surface area (Å²) in [4.78, 5) is 11.3. The SMILES string of the molecule is COC(=O)CC(O)(C#N)CSCCCCCCc1ccc(-c2ccccc2)cc1. The van der Waals surface area contributed by atoms with Gasteiger partial charge in [-0.15, -0.1) is 0 Å². The Morgan fingerprint density at radius 3 is 2.34 bits per heavy atom. The first-order valence-electron chi connectivity index (χ1n) is 9.99. The van der Waals surface area contributed by atoms with Gasteiger partial charge in [-0.1, -0.05) is 67.4 Å². The molecule has 0 aliphatic rings. The number of hydrogen-bond donors (Lipinski definition) is 1. The Labute approximate surface area is 177 Å². The van der Waals surface area contributed by atoms with Crippen molar-refractivity contribution in [2.75, 3.05) is 18.6 Å². The Morgan fingerprint density at radius 2 is 1.69 bits per heavy atom. The van der Waals surface area contributed by atoms with Gasteiger partial charge in [0.15, 0.2) is 5.60 Å². The number of aryl methyl sites for hydroxylation is 1. The van der Waals surface area contributed by atoms with Crippen molar-refractivity contribution in [3.05, 3.63) is 60.2 Å². The highest BCUT2D eigenvalue weighted by molar-refractivity contribution is 7.99. The molecule has 2 aromatic rings. The largest absolute Gasteiger partial charge is 0.469 e. The number of aliphatic hydroxyl groups is 1. The Balaban J connectivity index is 1.58. The Bertz CT molecular complexity index is 786. The van der Waals surface area contributed by atoms with Gasteiger partial charge in [-0.3, -0.25) is 4.79 Å². The van der Waals surface area contributed by atoms with Gasteiger partial charge in [0.25, 0.3) is 0 Å². The normalized spacial score (nSPS) is 12.7. The van der Waals surface area contributed by atoms with E-state index in [1.807, 2.05) is 12.1 Å². The maximum atomic E-state index is 11.3. The van der Waals surface area contributed by atoms with E-state index in [0.29, 0.717) is 0 Å². The minimum atomic E-state index is -1.64. The average Bonchev–Trinajstić information content (AvgIpc) is 2.76. The molecule has 4 nitrogen and oxygen atoms in total. The summed E-state index contributed by atoms with van der Waals surface area (Å²) in [6, 6.07) is 21.0. The molecule has 0 aromatic heterocycles. The number of rotatable bonds is 12. The van der Waals surface area contributed by atoms with Crippen molar-refractivity contribution in [3.8, 4) is 17.2 Å². The number of benzene rings is 2. The number of carbonyl (C=O) groups is 1. The lowest BCUT2D eigenvalue weighted by molar-refractivity contribution is -0.143. The van der Waals surface area contributed by atoms with E-state index in [4.69, 9.17) is 5.26 Å². The molecule has 2 rings (SSSR count). The lowest BCUT2D eigenvalue weighted by Gasteiger charge is -2.18. The second kappa shape index (κ2) is 12.3. The smallest absolute Gasteiger partial charge is 0.309 e. The molecule has 1 N–H and O–H groups in total. The van der Waals surface area contributed by atoms with Crippen LogP contribution < -0.4 is 0 Å². The van der Waals surface area contributed by atoms with Crippen molar-refractivity contribution in [1.29, 1.82) is 5.26 Å². The van der Waals surface area contributed by atoms with Crippen molar-refractivity contribution >= 4 is 17.7 Å². The van der Waals surface area contributed by atoms with E-state index in [2.05, 4.69) is 53.3 Å². The average molecular weight is 412 g/mol. The molecule has 1 unspecified atom stereocenters. The summed E-state index contributed by atoms with van der Waals surface area (Å²) in [5, 5.41) is 19.2. The van der Waals surface area contributed by atoms with Crippen LogP contribution in [0.4, 0.5) is 0 Å². The van der Waals surface area contributed by atoms with Gasteiger partial charge in [-0.05, 0) is 41.7 Å². The van der Waals surface area contributed by atoms with Crippen LogP contribution in [0.3, 0.4) is 0 Å². The molecule has 0 heterocycles. The van der Waals surface area contributed by atoms with E-state index >= 15 is 0 Å². The fraction of sp³-hybridized carbons (Fsp3) is 0.417. The van der Waals surface area contributed by atoms with Gasteiger partial charge < -0.3 is 9.84 Å². The molecular formula is C24H29NO3S. The Hall–Kier alpha value is -2.29. The highest BCUT2D eigenvalue weighted by Crippen LogP contribution is 2.21. The van der Waals surface area contributed by atoms with Gasteiger partial charge in [-0.2, -0.15) is 17.0 Å². The summed E-state index contributed by atoms with van der Waals surface area (Å²) >= 11 is 1.51. The highest BCUT2D eigenvalue weighted by atomic mass is 32.2. The van der Waals surface area contributed by atoms with Crippen LogP contribution in [-0.2, 0) is 16.0 Å². The molecule has 2 aromatic carbocycles. The maximum absolute atomic E-state index is 11.3. The predicted octanol–water partition coefficient (Wildman–Crippen LogP) is 5.01. The van der Waals surface area contributed by atoms with Crippen molar-refractivity contribution in [2.24, 2.45) is 0 Å². The first-order chi connectivity index (χ1) is 14.1. The summed E-state index contributed by atoms with van der Waals surface area (Å²) in [6.45, 7) is 0. The van der Waals surface area contributed by atoms with E-state index < -0.39 is 11.6 Å². The molecule has 0 saturated carbocycles. The van der Waals surface area contributed by atoms with Crippen LogP contribution in [0.25, 0.3) is 11.1 Å². The van der Waals surface area contributed by atoms with E-state index in [0.717, 1.165) is 37.9 Å². The number of ether oxygens (including phenoxy) is 1. The standard InChI is InChI=1S/C24H29NO3S/c1-28-23(26)17-24(27,18-25)19-29-16-8-3-2-5-9-20-12-14-22(15-13-20)21-10-6-4-7-11-21/h4,6-7,10-15,27H,2-3,5,8-9,16-17,19H2,1H3. The van der Waals surface area contributed by atoms with Crippen LogP contribution >= 0.6 is 11.8 Å². The number of hydrogen-bond acceptors (Lipinski definition) is 5. The van der Waals surface area contributed by atoms with E-state index in [9.17, 15) is 9.90 Å². The molecular weight excluding hydrogens is 382 g/mol. The van der Waals surface area contributed by atoms with Crippen LogP contribution in [0.5, 0.6) is 0 Å². The zero-order chi connectivity index (χ0) is 21.0. The number of unbranched alkanes of at least 4 members (excludes halogenated alkanes) is 3. The summed E-state index contributed by atoms with van der Waals surface area (Å²) in [6.07, 6.45) is 5.27. The lowest BCUT2D eigenvalue weighted by atomic mass is 10.0. The molecule has 0 saturated heterocycles. The minimum Gasteiger partial charge on any atom is -0.469 e. The third kappa shape index (κ3) is 8.31. The molecule has 5 heteroatoms. The van der Waals surface area contributed by atoms with Crippen LogP contribution in [-0.4, -0.2) is 35.3 Å². The van der Waals surface area contributed by atoms with Crippen molar-refractivity contribution < 1.29 is 14.6 Å². The van der Waals surface area contributed by atoms with E-state index in [1.165, 1.54) is 35.6 Å². The first-order valence-corrected chi connectivity index (χ1v) is 11.1. The molecule has 0 amide bonds. The van der Waals surface area contributed by atoms with Crippen molar-refractivity contribution in [2.45, 2.75) is 44.1 Å². The zero-order valence-corrected chi connectivity index (χ0v) is 17.8. The molecule has 0 bridgehead atoms. The Morgan fingerprint density at radius 1 is 1.03 bits per heavy atom. The van der Waals surface area contributed by atoms with Gasteiger partial charge in [0.1, 0.15) is 0 Å². The number of thioether (sulfide) groups is 1. The van der Waals surface area contributed by atoms with Crippen LogP contribution in [0, 0.1) is 11.3 Å². The molecule has 0 aliphatic heterocycles. The van der Waals surface area contributed by atoms with Gasteiger partial charge in [0.05, 0.1) is 19.6 Å².